The maximum Gasteiger partial charge on any atom is 0.315 e. The Labute approximate surface area is 84.0 Å². The molecular weight excluding hydrogens is 184 g/mol. The number of urea groups is 1. The molecule has 0 aromatic carbocycles. The van der Waals surface area contributed by atoms with Crippen molar-refractivity contribution in [1.82, 2.24) is 10.6 Å². The number of hydrogen-bond acceptors (Lipinski definition) is 2. The van der Waals surface area contributed by atoms with Crippen molar-refractivity contribution < 1.29 is 4.79 Å². The van der Waals surface area contributed by atoms with Gasteiger partial charge in [0.05, 0.1) is 6.04 Å². The SMILES string of the molecule is CCCC(SC)C1NC(=O)NC1C. The van der Waals surface area contributed by atoms with Crippen molar-refractivity contribution in [1.29, 1.82) is 0 Å². The number of amides is 2. The Morgan fingerprint density at radius 3 is 2.62 bits per heavy atom. The van der Waals surface area contributed by atoms with Crippen LogP contribution in [0.2, 0.25) is 0 Å². The van der Waals surface area contributed by atoms with Crippen LogP contribution in [0.5, 0.6) is 0 Å². The third-order valence-electron chi connectivity index (χ3n) is 2.47. The van der Waals surface area contributed by atoms with Crippen LogP contribution in [0.25, 0.3) is 0 Å². The average molecular weight is 202 g/mol. The van der Waals surface area contributed by atoms with Gasteiger partial charge in [-0.25, -0.2) is 4.79 Å². The predicted molar refractivity (Wildman–Crippen MR) is 57.1 cm³/mol. The summed E-state index contributed by atoms with van der Waals surface area (Å²) in [6.07, 6.45) is 4.44. The van der Waals surface area contributed by atoms with E-state index in [4.69, 9.17) is 0 Å². The zero-order valence-corrected chi connectivity index (χ0v) is 9.28. The lowest BCUT2D eigenvalue weighted by Gasteiger charge is -2.23. The second kappa shape index (κ2) is 4.74. The Morgan fingerprint density at radius 2 is 2.23 bits per heavy atom. The first kappa shape index (κ1) is 10.7. The summed E-state index contributed by atoms with van der Waals surface area (Å²) in [5.41, 5.74) is 0. The first-order chi connectivity index (χ1) is 6.19. The first-order valence-corrected chi connectivity index (χ1v) is 6.07. The summed E-state index contributed by atoms with van der Waals surface area (Å²) >= 11 is 1.84. The Kier molecular flexibility index (Phi) is 3.90. The lowest BCUT2D eigenvalue weighted by atomic mass is 10.0. The van der Waals surface area contributed by atoms with Gasteiger partial charge in [0.15, 0.2) is 0 Å². The highest BCUT2D eigenvalue weighted by Crippen LogP contribution is 2.21. The van der Waals surface area contributed by atoms with E-state index in [2.05, 4.69) is 30.7 Å². The van der Waals surface area contributed by atoms with Crippen molar-refractivity contribution in [2.24, 2.45) is 0 Å². The molecule has 0 saturated carbocycles. The van der Waals surface area contributed by atoms with Crippen LogP contribution in [0.4, 0.5) is 4.79 Å². The molecule has 2 N–H and O–H groups in total. The molecule has 4 heteroatoms. The predicted octanol–water partition coefficient (Wildman–Crippen LogP) is 1.59. The van der Waals surface area contributed by atoms with Gasteiger partial charge >= 0.3 is 6.03 Å². The Hall–Kier alpha value is -0.380. The number of rotatable bonds is 4. The van der Waals surface area contributed by atoms with E-state index in [1.54, 1.807) is 0 Å². The van der Waals surface area contributed by atoms with Gasteiger partial charge in [-0.2, -0.15) is 11.8 Å². The minimum Gasteiger partial charge on any atom is -0.334 e. The largest absolute Gasteiger partial charge is 0.334 e. The summed E-state index contributed by atoms with van der Waals surface area (Å²) in [6.45, 7) is 4.24. The third-order valence-corrected chi connectivity index (χ3v) is 3.61. The zero-order valence-electron chi connectivity index (χ0n) is 8.46. The van der Waals surface area contributed by atoms with Crippen LogP contribution in [0.1, 0.15) is 26.7 Å². The van der Waals surface area contributed by atoms with E-state index < -0.39 is 0 Å². The van der Waals surface area contributed by atoms with Gasteiger partial charge in [0, 0.05) is 11.3 Å². The number of carbonyl (C=O) groups is 1. The van der Waals surface area contributed by atoms with Crippen LogP contribution in [-0.2, 0) is 0 Å². The van der Waals surface area contributed by atoms with Crippen LogP contribution in [0.3, 0.4) is 0 Å². The van der Waals surface area contributed by atoms with E-state index in [-0.39, 0.29) is 12.1 Å². The van der Waals surface area contributed by atoms with Crippen LogP contribution in [-0.4, -0.2) is 29.6 Å². The fourth-order valence-corrected chi connectivity index (χ4v) is 2.83. The van der Waals surface area contributed by atoms with Gasteiger partial charge in [-0.1, -0.05) is 13.3 Å². The molecule has 13 heavy (non-hydrogen) atoms. The van der Waals surface area contributed by atoms with E-state index in [0.29, 0.717) is 11.3 Å². The molecule has 1 saturated heterocycles. The van der Waals surface area contributed by atoms with Crippen molar-refractivity contribution in [2.45, 2.75) is 44.0 Å². The van der Waals surface area contributed by atoms with Crippen molar-refractivity contribution in [3.8, 4) is 0 Å². The number of nitrogens with one attached hydrogen (secondary N) is 2. The van der Waals surface area contributed by atoms with Crippen molar-refractivity contribution >= 4 is 17.8 Å². The summed E-state index contributed by atoms with van der Waals surface area (Å²) in [5.74, 6) is 0. The lowest BCUT2D eigenvalue weighted by Crippen LogP contribution is -2.40. The second-order valence-corrected chi connectivity index (χ2v) is 4.57. The van der Waals surface area contributed by atoms with E-state index in [1.807, 2.05) is 11.8 Å². The van der Waals surface area contributed by atoms with Gasteiger partial charge in [-0.3, -0.25) is 0 Å². The van der Waals surface area contributed by atoms with Crippen LogP contribution in [0, 0.1) is 0 Å². The highest BCUT2D eigenvalue weighted by molar-refractivity contribution is 7.99. The molecule has 3 unspecified atom stereocenters. The van der Waals surface area contributed by atoms with E-state index >= 15 is 0 Å². The minimum absolute atomic E-state index is 0.0207. The monoisotopic (exact) mass is 202 g/mol. The van der Waals surface area contributed by atoms with E-state index in [0.717, 1.165) is 6.42 Å². The van der Waals surface area contributed by atoms with E-state index in [9.17, 15) is 4.79 Å². The highest BCUT2D eigenvalue weighted by atomic mass is 32.2. The highest BCUT2D eigenvalue weighted by Gasteiger charge is 2.33. The molecule has 2 amide bonds. The molecule has 3 nitrogen and oxygen atoms in total. The summed E-state index contributed by atoms with van der Waals surface area (Å²) in [7, 11) is 0. The Balaban J connectivity index is 2.52. The summed E-state index contributed by atoms with van der Waals surface area (Å²) in [4.78, 5) is 11.1. The molecule has 3 atom stereocenters. The zero-order chi connectivity index (χ0) is 9.84. The first-order valence-electron chi connectivity index (χ1n) is 4.78. The standard InChI is InChI=1S/C9H18N2OS/c1-4-5-7(13-3)8-6(2)10-9(12)11-8/h6-8H,4-5H2,1-3H3,(H2,10,11,12). The minimum atomic E-state index is -0.0207. The number of carbonyl (C=O) groups excluding carboxylic acids is 1. The van der Waals surface area contributed by atoms with Gasteiger partial charge in [0.1, 0.15) is 0 Å². The van der Waals surface area contributed by atoms with Crippen LogP contribution < -0.4 is 10.6 Å². The molecule has 0 aromatic heterocycles. The van der Waals surface area contributed by atoms with Gasteiger partial charge in [-0.15, -0.1) is 0 Å². The molecule has 1 fully saturated rings. The molecule has 1 aliphatic rings. The smallest absolute Gasteiger partial charge is 0.315 e. The Morgan fingerprint density at radius 1 is 1.54 bits per heavy atom. The van der Waals surface area contributed by atoms with Crippen LogP contribution in [0.15, 0.2) is 0 Å². The third kappa shape index (κ3) is 2.53. The Bertz CT molecular complexity index is 186. The molecule has 0 aromatic rings. The number of thioether (sulfide) groups is 1. The summed E-state index contributed by atoms with van der Waals surface area (Å²) in [6, 6.07) is 0.534. The maximum absolute atomic E-state index is 11.1. The quantitative estimate of drug-likeness (QED) is 0.727. The topological polar surface area (TPSA) is 41.1 Å². The van der Waals surface area contributed by atoms with Gasteiger partial charge in [0.2, 0.25) is 0 Å². The normalized spacial score (nSPS) is 29.6. The molecule has 0 bridgehead atoms. The fourth-order valence-electron chi connectivity index (χ4n) is 1.76. The van der Waals surface area contributed by atoms with Crippen LogP contribution >= 0.6 is 11.8 Å². The molecule has 0 radical (unpaired) electrons. The molecule has 1 rings (SSSR count). The second-order valence-electron chi connectivity index (χ2n) is 3.50. The van der Waals surface area contributed by atoms with Gasteiger partial charge in [0.25, 0.3) is 0 Å². The molecule has 0 aliphatic carbocycles. The summed E-state index contributed by atoms with van der Waals surface area (Å²) in [5, 5.41) is 6.39. The number of hydrogen-bond donors (Lipinski definition) is 2. The van der Waals surface area contributed by atoms with Crippen molar-refractivity contribution in [2.75, 3.05) is 6.26 Å². The molecule has 76 valence electrons. The molecular formula is C9H18N2OS. The molecule has 1 aliphatic heterocycles. The molecule has 0 spiro atoms. The fraction of sp³-hybridized carbons (Fsp3) is 0.889. The van der Waals surface area contributed by atoms with Crippen molar-refractivity contribution in [3.63, 3.8) is 0 Å². The lowest BCUT2D eigenvalue weighted by molar-refractivity contribution is 0.247. The molecule has 1 heterocycles. The van der Waals surface area contributed by atoms with Crippen molar-refractivity contribution in [3.05, 3.63) is 0 Å². The summed E-state index contributed by atoms with van der Waals surface area (Å²) < 4.78 is 0. The van der Waals surface area contributed by atoms with Gasteiger partial charge in [-0.05, 0) is 19.6 Å². The van der Waals surface area contributed by atoms with Gasteiger partial charge < -0.3 is 10.6 Å². The average Bonchev–Trinajstić information content (AvgIpc) is 2.41. The van der Waals surface area contributed by atoms with E-state index in [1.165, 1.54) is 6.42 Å². The maximum atomic E-state index is 11.1.